The number of methoxy groups -OCH3 is 1. The molecule has 37 heavy (non-hydrogen) atoms. The van der Waals surface area contributed by atoms with E-state index in [0.717, 1.165) is 40.5 Å². The van der Waals surface area contributed by atoms with Crippen LogP contribution in [0.15, 0.2) is 90.5 Å². The minimum absolute atomic E-state index is 0.0637. The summed E-state index contributed by atoms with van der Waals surface area (Å²) in [6, 6.07) is 25.2. The van der Waals surface area contributed by atoms with E-state index in [9.17, 15) is 14.7 Å². The molecular weight excluding hydrogens is 466 g/mol. The van der Waals surface area contributed by atoms with Gasteiger partial charge in [0.1, 0.15) is 17.3 Å². The number of ether oxygens (including phenoxy) is 2. The van der Waals surface area contributed by atoms with Crippen molar-refractivity contribution in [2.45, 2.75) is 18.9 Å². The Morgan fingerprint density at radius 2 is 1.76 bits per heavy atom. The largest absolute Gasteiger partial charge is 0.507 e. The molecule has 2 aliphatic heterocycles. The van der Waals surface area contributed by atoms with Crippen LogP contribution in [0.1, 0.15) is 29.2 Å². The van der Waals surface area contributed by atoms with E-state index in [0.29, 0.717) is 23.6 Å². The summed E-state index contributed by atoms with van der Waals surface area (Å²) in [5.74, 6) is -0.183. The van der Waals surface area contributed by atoms with Crippen molar-refractivity contribution in [3.05, 3.63) is 107 Å². The number of hydrogen-bond acceptors (Lipinski definition) is 5. The van der Waals surface area contributed by atoms with Crippen LogP contribution in [0, 0.1) is 0 Å². The van der Waals surface area contributed by atoms with Crippen LogP contribution in [0.25, 0.3) is 16.5 Å². The van der Waals surface area contributed by atoms with Gasteiger partial charge in [-0.25, -0.2) is 0 Å². The summed E-state index contributed by atoms with van der Waals surface area (Å²) < 4.78 is 11.0. The molecule has 4 aromatic rings. The summed E-state index contributed by atoms with van der Waals surface area (Å²) in [6.45, 7) is 0.659. The fourth-order valence-corrected chi connectivity index (χ4v) is 5.29. The van der Waals surface area contributed by atoms with Crippen molar-refractivity contribution in [3.63, 3.8) is 0 Å². The van der Waals surface area contributed by atoms with Crippen LogP contribution in [0.5, 0.6) is 11.5 Å². The van der Waals surface area contributed by atoms with E-state index in [4.69, 9.17) is 9.47 Å². The third kappa shape index (κ3) is 3.82. The number of hydrogen-bond donors (Lipinski definition) is 1. The molecule has 184 valence electrons. The molecule has 0 radical (unpaired) electrons. The standard InChI is InChI=1S/C31H25NO5/c1-36-23-14-12-22(13-15-23)32-28(25-10-4-7-19-6-2-3-9-24(19)25)27(30(34)31(32)35)29(33)21-11-16-26-20(18-21)8-5-17-37-26/h2-4,6-7,9-16,18,28,33H,5,8,17H2,1H3/b29-27-. The normalized spacial score (nSPS) is 18.5. The molecule has 1 unspecified atom stereocenters. The van der Waals surface area contributed by atoms with Gasteiger partial charge in [-0.2, -0.15) is 0 Å². The summed E-state index contributed by atoms with van der Waals surface area (Å²) in [7, 11) is 1.57. The number of anilines is 1. The van der Waals surface area contributed by atoms with Crippen LogP contribution < -0.4 is 14.4 Å². The molecule has 4 aromatic carbocycles. The Bertz CT molecular complexity index is 1570. The van der Waals surface area contributed by atoms with E-state index in [1.165, 1.54) is 4.90 Å². The first-order chi connectivity index (χ1) is 18.1. The van der Waals surface area contributed by atoms with Crippen molar-refractivity contribution in [2.24, 2.45) is 0 Å². The highest BCUT2D eigenvalue weighted by atomic mass is 16.5. The lowest BCUT2D eigenvalue weighted by molar-refractivity contribution is -0.132. The number of carbonyl (C=O) groups is 2. The summed E-state index contributed by atoms with van der Waals surface area (Å²) in [5, 5.41) is 13.5. The van der Waals surface area contributed by atoms with Crippen LogP contribution in [0.3, 0.4) is 0 Å². The maximum atomic E-state index is 13.6. The second kappa shape index (κ2) is 9.13. The molecule has 2 aliphatic rings. The van der Waals surface area contributed by atoms with Gasteiger partial charge in [0.05, 0.1) is 25.3 Å². The molecule has 0 aliphatic carbocycles. The van der Waals surface area contributed by atoms with Gasteiger partial charge < -0.3 is 14.6 Å². The van der Waals surface area contributed by atoms with Crippen LogP contribution >= 0.6 is 0 Å². The molecule has 0 bridgehead atoms. The third-order valence-corrected chi connectivity index (χ3v) is 7.09. The number of aliphatic hydroxyl groups excluding tert-OH is 1. The number of nitrogens with zero attached hydrogens (tertiary/aromatic N) is 1. The van der Waals surface area contributed by atoms with E-state index in [2.05, 4.69) is 0 Å². The molecule has 1 N–H and O–H groups in total. The predicted molar refractivity (Wildman–Crippen MR) is 142 cm³/mol. The zero-order valence-electron chi connectivity index (χ0n) is 20.3. The van der Waals surface area contributed by atoms with Crippen LogP contribution in [0.2, 0.25) is 0 Å². The Kier molecular flexibility index (Phi) is 5.64. The molecule has 6 heteroatoms. The molecule has 6 nitrogen and oxygen atoms in total. The van der Waals surface area contributed by atoms with Crippen molar-refractivity contribution >= 4 is 33.9 Å². The smallest absolute Gasteiger partial charge is 0.300 e. The number of Topliss-reactive ketones (excluding diaryl/α,β-unsaturated/α-hetero) is 1. The highest BCUT2D eigenvalue weighted by Gasteiger charge is 2.47. The van der Waals surface area contributed by atoms with Gasteiger partial charge in [0.2, 0.25) is 0 Å². The highest BCUT2D eigenvalue weighted by molar-refractivity contribution is 6.51. The van der Waals surface area contributed by atoms with Crippen LogP contribution in [0.4, 0.5) is 5.69 Å². The van der Waals surface area contributed by atoms with Crippen molar-refractivity contribution < 1.29 is 24.2 Å². The lowest BCUT2D eigenvalue weighted by Crippen LogP contribution is -2.29. The maximum Gasteiger partial charge on any atom is 0.300 e. The fourth-order valence-electron chi connectivity index (χ4n) is 5.29. The number of aliphatic hydroxyl groups is 1. The van der Waals surface area contributed by atoms with Crippen molar-refractivity contribution in [1.29, 1.82) is 0 Å². The molecule has 1 fully saturated rings. The first kappa shape index (κ1) is 22.9. The Balaban J connectivity index is 1.58. The number of benzene rings is 4. The first-order valence-corrected chi connectivity index (χ1v) is 12.3. The summed E-state index contributed by atoms with van der Waals surface area (Å²) in [6.07, 6.45) is 1.71. The third-order valence-electron chi connectivity index (χ3n) is 7.09. The van der Waals surface area contributed by atoms with E-state index < -0.39 is 17.7 Å². The molecule has 0 saturated carbocycles. The summed E-state index contributed by atoms with van der Waals surface area (Å²) >= 11 is 0. The SMILES string of the molecule is COc1ccc(N2C(=O)C(=O)/C(=C(\O)c3ccc4c(c3)CCCO4)C2c2cccc3ccccc23)cc1. The zero-order valence-corrected chi connectivity index (χ0v) is 20.3. The number of rotatable bonds is 4. The summed E-state index contributed by atoms with van der Waals surface area (Å²) in [4.78, 5) is 28.6. The van der Waals surface area contributed by atoms with Gasteiger partial charge in [-0.15, -0.1) is 0 Å². The van der Waals surface area contributed by atoms with Crippen molar-refractivity contribution in [1.82, 2.24) is 0 Å². The van der Waals surface area contributed by atoms with Crippen LogP contribution in [-0.4, -0.2) is 30.5 Å². The van der Waals surface area contributed by atoms with Gasteiger partial charge in [-0.3, -0.25) is 14.5 Å². The Labute approximate surface area is 214 Å². The summed E-state index contributed by atoms with van der Waals surface area (Å²) in [5.41, 5.74) is 2.83. The van der Waals surface area contributed by atoms with Gasteiger partial charge in [0.15, 0.2) is 0 Å². The average Bonchev–Trinajstić information content (AvgIpc) is 3.21. The van der Waals surface area contributed by atoms with Gasteiger partial charge in [0, 0.05) is 11.3 Å². The Morgan fingerprint density at radius 3 is 2.57 bits per heavy atom. The van der Waals surface area contributed by atoms with Crippen LogP contribution in [-0.2, 0) is 16.0 Å². The highest BCUT2D eigenvalue weighted by Crippen LogP contribution is 2.44. The molecule has 1 amide bonds. The molecule has 6 rings (SSSR count). The second-order valence-corrected chi connectivity index (χ2v) is 9.21. The fraction of sp³-hybridized carbons (Fsp3) is 0.161. The van der Waals surface area contributed by atoms with E-state index in [-0.39, 0.29) is 11.3 Å². The molecule has 2 heterocycles. The molecular formula is C31H25NO5. The Hall–Kier alpha value is -4.58. The quantitative estimate of drug-likeness (QED) is 0.222. The molecule has 0 spiro atoms. The van der Waals surface area contributed by atoms with Gasteiger partial charge >= 0.3 is 0 Å². The van der Waals surface area contributed by atoms with Gasteiger partial charge in [0.25, 0.3) is 11.7 Å². The number of carbonyl (C=O) groups excluding carboxylic acids is 2. The van der Waals surface area contributed by atoms with E-state index in [1.54, 1.807) is 37.4 Å². The van der Waals surface area contributed by atoms with Crippen molar-refractivity contribution in [2.75, 3.05) is 18.6 Å². The second-order valence-electron chi connectivity index (χ2n) is 9.21. The minimum atomic E-state index is -0.813. The van der Waals surface area contributed by atoms with Gasteiger partial charge in [-0.1, -0.05) is 42.5 Å². The van der Waals surface area contributed by atoms with E-state index >= 15 is 0 Å². The monoisotopic (exact) mass is 491 g/mol. The minimum Gasteiger partial charge on any atom is -0.507 e. The zero-order chi connectivity index (χ0) is 25.5. The van der Waals surface area contributed by atoms with Gasteiger partial charge in [-0.05, 0) is 77.2 Å². The molecule has 1 atom stereocenters. The maximum absolute atomic E-state index is 13.6. The lowest BCUT2D eigenvalue weighted by atomic mass is 9.91. The molecule has 0 aromatic heterocycles. The molecule has 1 saturated heterocycles. The first-order valence-electron chi connectivity index (χ1n) is 12.3. The lowest BCUT2D eigenvalue weighted by Gasteiger charge is -2.26. The number of amides is 1. The topological polar surface area (TPSA) is 76.1 Å². The predicted octanol–water partition coefficient (Wildman–Crippen LogP) is 5.80. The number of aryl methyl sites for hydroxylation is 1. The van der Waals surface area contributed by atoms with Crippen molar-refractivity contribution in [3.8, 4) is 11.5 Å². The number of fused-ring (bicyclic) bond motifs is 2. The number of ketones is 1. The average molecular weight is 492 g/mol. The Morgan fingerprint density at radius 1 is 0.973 bits per heavy atom. The van der Waals surface area contributed by atoms with E-state index in [1.807, 2.05) is 54.6 Å².